The minimum atomic E-state index is -0.201. The molecular formula is C17H19NO3S. The van der Waals surface area contributed by atoms with E-state index in [4.69, 9.17) is 4.74 Å². The smallest absolute Gasteiger partial charge is 0.257 e. The maximum atomic E-state index is 11.7. The summed E-state index contributed by atoms with van der Waals surface area (Å²) in [4.78, 5) is 12.8. The van der Waals surface area contributed by atoms with Crippen molar-refractivity contribution in [3.8, 4) is 11.5 Å². The third kappa shape index (κ3) is 5.33. The van der Waals surface area contributed by atoms with Gasteiger partial charge in [0.15, 0.2) is 18.1 Å². The highest BCUT2D eigenvalue weighted by atomic mass is 32.2. The van der Waals surface area contributed by atoms with Gasteiger partial charge in [-0.2, -0.15) is 0 Å². The molecule has 0 bridgehead atoms. The molecule has 2 aromatic carbocycles. The lowest BCUT2D eigenvalue weighted by atomic mass is 10.2. The Bertz CT molecular complexity index is 614. The number of carbonyl (C=O) groups is 1. The fourth-order valence-corrected chi connectivity index (χ4v) is 2.54. The van der Waals surface area contributed by atoms with Crippen LogP contribution in [-0.4, -0.2) is 29.9 Å². The molecule has 1 amide bonds. The first kappa shape index (κ1) is 16.2. The molecule has 0 fully saturated rings. The number of hydrogen-bond acceptors (Lipinski definition) is 4. The average Bonchev–Trinajstić information content (AvgIpc) is 2.52. The van der Waals surface area contributed by atoms with Gasteiger partial charge in [-0.15, -0.1) is 11.8 Å². The quantitative estimate of drug-likeness (QED) is 0.609. The fourth-order valence-electron chi connectivity index (χ4n) is 1.77. The highest BCUT2D eigenvalue weighted by Gasteiger charge is 2.05. The Hall–Kier alpha value is -2.14. The Balaban J connectivity index is 1.64. The van der Waals surface area contributed by atoms with E-state index < -0.39 is 0 Å². The summed E-state index contributed by atoms with van der Waals surface area (Å²) < 4.78 is 5.26. The van der Waals surface area contributed by atoms with Crippen LogP contribution in [0.1, 0.15) is 5.56 Å². The minimum Gasteiger partial charge on any atom is -0.504 e. The third-order valence-corrected chi connectivity index (χ3v) is 3.95. The van der Waals surface area contributed by atoms with Crippen LogP contribution >= 0.6 is 11.8 Å². The van der Waals surface area contributed by atoms with Crippen molar-refractivity contribution in [2.24, 2.45) is 0 Å². The van der Waals surface area contributed by atoms with Crippen molar-refractivity contribution in [3.05, 3.63) is 54.1 Å². The van der Waals surface area contributed by atoms with E-state index in [0.717, 1.165) is 5.75 Å². The van der Waals surface area contributed by atoms with Crippen molar-refractivity contribution in [2.45, 2.75) is 11.8 Å². The molecule has 2 N–H and O–H groups in total. The van der Waals surface area contributed by atoms with E-state index in [1.165, 1.54) is 16.5 Å². The van der Waals surface area contributed by atoms with E-state index in [9.17, 15) is 9.90 Å². The van der Waals surface area contributed by atoms with E-state index in [0.29, 0.717) is 12.3 Å². The number of aromatic hydroxyl groups is 1. The summed E-state index contributed by atoms with van der Waals surface area (Å²) in [5, 5.41) is 12.3. The van der Waals surface area contributed by atoms with Crippen LogP contribution in [0.15, 0.2) is 53.4 Å². The molecule has 22 heavy (non-hydrogen) atoms. The molecule has 0 atom stereocenters. The van der Waals surface area contributed by atoms with Crippen molar-refractivity contribution in [1.29, 1.82) is 0 Å². The van der Waals surface area contributed by atoms with Gasteiger partial charge in [0.25, 0.3) is 5.91 Å². The highest BCUT2D eigenvalue weighted by Crippen LogP contribution is 2.24. The summed E-state index contributed by atoms with van der Waals surface area (Å²) in [6.45, 7) is 2.52. The first-order chi connectivity index (χ1) is 10.6. The van der Waals surface area contributed by atoms with Crippen LogP contribution in [0.5, 0.6) is 11.5 Å². The summed E-state index contributed by atoms with van der Waals surface area (Å²) in [6.07, 6.45) is 0. The summed E-state index contributed by atoms with van der Waals surface area (Å²) >= 11 is 1.69. The number of rotatable bonds is 7. The number of aryl methyl sites for hydroxylation is 1. The van der Waals surface area contributed by atoms with Crippen molar-refractivity contribution >= 4 is 17.7 Å². The van der Waals surface area contributed by atoms with Gasteiger partial charge in [0.05, 0.1) is 0 Å². The van der Waals surface area contributed by atoms with Gasteiger partial charge >= 0.3 is 0 Å². The van der Waals surface area contributed by atoms with E-state index in [1.54, 1.807) is 30.0 Å². The second kappa shape index (κ2) is 8.34. The van der Waals surface area contributed by atoms with E-state index in [2.05, 4.69) is 36.5 Å². The zero-order valence-corrected chi connectivity index (χ0v) is 13.2. The van der Waals surface area contributed by atoms with Crippen molar-refractivity contribution < 1.29 is 14.6 Å². The Morgan fingerprint density at radius 3 is 2.64 bits per heavy atom. The van der Waals surface area contributed by atoms with Crippen LogP contribution in [0.25, 0.3) is 0 Å². The number of benzene rings is 2. The Morgan fingerprint density at radius 2 is 1.91 bits per heavy atom. The summed E-state index contributed by atoms with van der Waals surface area (Å²) in [6, 6.07) is 14.9. The van der Waals surface area contributed by atoms with Crippen molar-refractivity contribution in [2.75, 3.05) is 18.9 Å². The fraction of sp³-hybridized carbons (Fsp3) is 0.235. The first-order valence-electron chi connectivity index (χ1n) is 7.02. The zero-order valence-electron chi connectivity index (χ0n) is 12.4. The molecular weight excluding hydrogens is 298 g/mol. The molecule has 0 aliphatic heterocycles. The molecule has 0 spiro atoms. The molecule has 2 rings (SSSR count). The van der Waals surface area contributed by atoms with Crippen LogP contribution in [0.3, 0.4) is 0 Å². The van der Waals surface area contributed by atoms with Gasteiger partial charge in [-0.05, 0) is 31.2 Å². The largest absolute Gasteiger partial charge is 0.504 e. The first-order valence-corrected chi connectivity index (χ1v) is 8.00. The molecule has 0 unspecified atom stereocenters. The van der Waals surface area contributed by atoms with Crippen LogP contribution < -0.4 is 10.1 Å². The number of hydrogen-bond donors (Lipinski definition) is 2. The second-order valence-electron chi connectivity index (χ2n) is 4.77. The molecule has 0 saturated carbocycles. The van der Waals surface area contributed by atoms with Crippen molar-refractivity contribution in [3.63, 3.8) is 0 Å². The van der Waals surface area contributed by atoms with Crippen LogP contribution in [0.4, 0.5) is 0 Å². The number of amides is 1. The predicted octanol–water partition coefficient (Wildman–Crippen LogP) is 2.99. The Morgan fingerprint density at radius 1 is 1.18 bits per heavy atom. The lowest BCUT2D eigenvalue weighted by Gasteiger charge is -2.08. The van der Waals surface area contributed by atoms with E-state index in [1.807, 2.05) is 0 Å². The maximum Gasteiger partial charge on any atom is 0.257 e. The summed E-state index contributed by atoms with van der Waals surface area (Å²) in [5.41, 5.74) is 1.24. The number of para-hydroxylation sites is 2. The molecule has 0 aromatic heterocycles. The van der Waals surface area contributed by atoms with Gasteiger partial charge in [0.2, 0.25) is 0 Å². The van der Waals surface area contributed by atoms with Gasteiger partial charge in [-0.25, -0.2) is 0 Å². The van der Waals surface area contributed by atoms with E-state index >= 15 is 0 Å². The SMILES string of the molecule is Cc1ccc(SCCNC(=O)COc2ccccc2O)cc1. The second-order valence-corrected chi connectivity index (χ2v) is 5.94. The molecule has 0 aliphatic carbocycles. The lowest BCUT2D eigenvalue weighted by Crippen LogP contribution is -2.30. The van der Waals surface area contributed by atoms with Crippen LogP contribution in [-0.2, 0) is 4.79 Å². The molecule has 0 saturated heterocycles. The molecule has 2 aromatic rings. The third-order valence-electron chi connectivity index (χ3n) is 2.94. The number of ether oxygens (including phenoxy) is 1. The average molecular weight is 317 g/mol. The Labute approximate surface area is 134 Å². The molecule has 4 nitrogen and oxygen atoms in total. The maximum absolute atomic E-state index is 11.7. The topological polar surface area (TPSA) is 58.6 Å². The van der Waals surface area contributed by atoms with Crippen LogP contribution in [0, 0.1) is 6.92 Å². The molecule has 5 heteroatoms. The number of nitrogens with one attached hydrogen (secondary N) is 1. The highest BCUT2D eigenvalue weighted by molar-refractivity contribution is 7.99. The molecule has 0 aliphatic rings. The van der Waals surface area contributed by atoms with Gasteiger partial charge in [0.1, 0.15) is 0 Å². The summed E-state index contributed by atoms with van der Waals surface area (Å²) in [7, 11) is 0. The number of thioether (sulfide) groups is 1. The van der Waals surface area contributed by atoms with Crippen molar-refractivity contribution in [1.82, 2.24) is 5.32 Å². The van der Waals surface area contributed by atoms with Gasteiger partial charge in [0, 0.05) is 17.2 Å². The lowest BCUT2D eigenvalue weighted by molar-refractivity contribution is -0.122. The minimum absolute atomic E-state index is 0.0326. The number of phenols is 1. The van der Waals surface area contributed by atoms with Gasteiger partial charge < -0.3 is 15.2 Å². The summed E-state index contributed by atoms with van der Waals surface area (Å²) in [5.74, 6) is 0.940. The molecule has 0 heterocycles. The monoisotopic (exact) mass is 317 g/mol. The normalized spacial score (nSPS) is 10.2. The predicted molar refractivity (Wildman–Crippen MR) is 88.5 cm³/mol. The molecule has 116 valence electrons. The van der Waals surface area contributed by atoms with Crippen LogP contribution in [0.2, 0.25) is 0 Å². The van der Waals surface area contributed by atoms with E-state index in [-0.39, 0.29) is 18.3 Å². The van der Waals surface area contributed by atoms with Gasteiger partial charge in [-0.3, -0.25) is 4.79 Å². The Kier molecular flexibility index (Phi) is 6.15. The number of carbonyl (C=O) groups excluding carboxylic acids is 1. The molecule has 0 radical (unpaired) electrons. The zero-order chi connectivity index (χ0) is 15.8. The standard InChI is InChI=1S/C17H19NO3S/c1-13-6-8-14(9-7-13)22-11-10-18-17(20)12-21-16-5-3-2-4-15(16)19/h2-9,19H,10-12H2,1H3,(H,18,20). The van der Waals surface area contributed by atoms with Gasteiger partial charge in [-0.1, -0.05) is 29.8 Å². The number of phenolic OH excluding ortho intramolecular Hbond substituents is 1.